The molecule has 0 spiro atoms. The molecule has 0 amide bonds. The van der Waals surface area contributed by atoms with Crippen LogP contribution in [0.15, 0.2) is 36.4 Å². The molecule has 0 aliphatic heterocycles. The van der Waals surface area contributed by atoms with Crippen molar-refractivity contribution in [1.29, 1.82) is 0 Å². The summed E-state index contributed by atoms with van der Waals surface area (Å²) < 4.78 is 11.3. The van der Waals surface area contributed by atoms with E-state index >= 15 is 0 Å². The molecule has 0 aliphatic rings. The third-order valence-electron chi connectivity index (χ3n) is 3.32. The zero-order valence-corrected chi connectivity index (χ0v) is 12.1. The van der Waals surface area contributed by atoms with E-state index in [4.69, 9.17) is 15.2 Å². The lowest BCUT2D eigenvalue weighted by atomic mass is 10.0. The maximum atomic E-state index is 5.83. The summed E-state index contributed by atoms with van der Waals surface area (Å²) in [6, 6.07) is 12.2. The molecule has 0 fully saturated rings. The minimum Gasteiger partial charge on any atom is -0.491 e. The first-order valence-corrected chi connectivity index (χ1v) is 7.28. The van der Waals surface area contributed by atoms with E-state index in [9.17, 15) is 0 Å². The van der Waals surface area contributed by atoms with Gasteiger partial charge in [0.2, 0.25) is 0 Å². The molecule has 2 aromatic rings. The predicted molar refractivity (Wildman–Crippen MR) is 83.1 cm³/mol. The molecule has 0 bridgehead atoms. The second-order valence-corrected chi connectivity index (χ2v) is 4.79. The summed E-state index contributed by atoms with van der Waals surface area (Å²) in [5.74, 6) is 0.900. The molecule has 0 aromatic heterocycles. The van der Waals surface area contributed by atoms with Crippen LogP contribution in [-0.2, 0) is 11.3 Å². The molecule has 3 nitrogen and oxygen atoms in total. The van der Waals surface area contributed by atoms with Crippen LogP contribution in [0.25, 0.3) is 10.8 Å². The molecule has 2 aromatic carbocycles. The Kier molecular flexibility index (Phi) is 5.84. The molecular weight excluding hydrogens is 250 g/mol. The van der Waals surface area contributed by atoms with Crippen LogP contribution in [0.4, 0.5) is 0 Å². The number of nitrogens with two attached hydrogens (primary N) is 1. The first-order valence-electron chi connectivity index (χ1n) is 7.28. The van der Waals surface area contributed by atoms with Crippen molar-refractivity contribution in [2.45, 2.75) is 26.3 Å². The van der Waals surface area contributed by atoms with Gasteiger partial charge in [-0.2, -0.15) is 0 Å². The van der Waals surface area contributed by atoms with Gasteiger partial charge in [0.25, 0.3) is 0 Å². The van der Waals surface area contributed by atoms with Crippen molar-refractivity contribution in [3.8, 4) is 5.75 Å². The monoisotopic (exact) mass is 273 g/mol. The van der Waals surface area contributed by atoms with Crippen LogP contribution in [0.1, 0.15) is 25.3 Å². The van der Waals surface area contributed by atoms with Crippen molar-refractivity contribution in [3.63, 3.8) is 0 Å². The van der Waals surface area contributed by atoms with Gasteiger partial charge in [0.15, 0.2) is 0 Å². The van der Waals surface area contributed by atoms with E-state index in [1.165, 1.54) is 5.39 Å². The average Bonchev–Trinajstić information content (AvgIpc) is 2.50. The molecule has 0 atom stereocenters. The van der Waals surface area contributed by atoms with E-state index in [2.05, 4.69) is 19.1 Å². The Bertz CT molecular complexity index is 540. The van der Waals surface area contributed by atoms with Crippen molar-refractivity contribution < 1.29 is 9.47 Å². The van der Waals surface area contributed by atoms with Gasteiger partial charge in [-0.3, -0.25) is 0 Å². The predicted octanol–water partition coefficient (Wildman–Crippen LogP) is 3.49. The summed E-state index contributed by atoms with van der Waals surface area (Å²) in [6.07, 6.45) is 2.26. The fraction of sp³-hybridized carbons (Fsp3) is 0.412. The van der Waals surface area contributed by atoms with Crippen LogP contribution in [0, 0.1) is 0 Å². The van der Waals surface area contributed by atoms with Crippen LogP contribution in [-0.4, -0.2) is 19.8 Å². The summed E-state index contributed by atoms with van der Waals surface area (Å²) in [7, 11) is 0. The largest absolute Gasteiger partial charge is 0.491 e. The van der Waals surface area contributed by atoms with Crippen LogP contribution >= 0.6 is 0 Å². The number of rotatable bonds is 8. The van der Waals surface area contributed by atoms with Crippen LogP contribution in [0.2, 0.25) is 0 Å². The smallest absolute Gasteiger partial charge is 0.127 e. The van der Waals surface area contributed by atoms with Crippen molar-refractivity contribution in [2.75, 3.05) is 19.8 Å². The van der Waals surface area contributed by atoms with Crippen LogP contribution < -0.4 is 10.5 Å². The highest BCUT2D eigenvalue weighted by atomic mass is 16.5. The molecular formula is C17H23NO2. The van der Waals surface area contributed by atoms with Gasteiger partial charge >= 0.3 is 0 Å². The lowest BCUT2D eigenvalue weighted by molar-refractivity contribution is 0.0985. The quantitative estimate of drug-likeness (QED) is 0.749. The fourth-order valence-electron chi connectivity index (χ4n) is 2.20. The van der Waals surface area contributed by atoms with Crippen molar-refractivity contribution in [2.24, 2.45) is 5.73 Å². The third kappa shape index (κ3) is 3.71. The minimum atomic E-state index is 0.543. The van der Waals surface area contributed by atoms with Gasteiger partial charge in [-0.1, -0.05) is 43.7 Å². The van der Waals surface area contributed by atoms with Crippen molar-refractivity contribution in [3.05, 3.63) is 42.0 Å². The Morgan fingerprint density at radius 2 is 1.75 bits per heavy atom. The lowest BCUT2D eigenvalue weighted by Gasteiger charge is -2.12. The topological polar surface area (TPSA) is 44.5 Å². The number of hydrogen-bond donors (Lipinski definition) is 1. The maximum Gasteiger partial charge on any atom is 0.127 e. The van der Waals surface area contributed by atoms with Gasteiger partial charge in [0, 0.05) is 18.5 Å². The third-order valence-corrected chi connectivity index (χ3v) is 3.32. The zero-order chi connectivity index (χ0) is 14.2. The Hall–Kier alpha value is -1.58. The number of benzene rings is 2. The van der Waals surface area contributed by atoms with E-state index in [1.54, 1.807) is 0 Å². The Labute approximate surface area is 120 Å². The van der Waals surface area contributed by atoms with Crippen molar-refractivity contribution in [1.82, 2.24) is 0 Å². The Balaban J connectivity index is 2.00. The standard InChI is InChI=1S/C17H23NO2/c1-2-3-10-19-11-12-20-17-9-8-14(13-18)15-6-4-5-7-16(15)17/h4-9H,2-3,10-13,18H2,1H3. The summed E-state index contributed by atoms with van der Waals surface area (Å²) in [5, 5.41) is 2.28. The number of hydrogen-bond acceptors (Lipinski definition) is 3. The van der Waals surface area contributed by atoms with Crippen LogP contribution in [0.3, 0.4) is 0 Å². The first kappa shape index (κ1) is 14.8. The molecule has 0 radical (unpaired) electrons. The molecule has 2 rings (SSSR count). The minimum absolute atomic E-state index is 0.543. The van der Waals surface area contributed by atoms with Gasteiger partial charge in [-0.05, 0) is 23.4 Å². The SMILES string of the molecule is CCCCOCCOc1ccc(CN)c2ccccc12. The molecule has 3 heteroatoms. The highest BCUT2D eigenvalue weighted by molar-refractivity contribution is 5.91. The van der Waals surface area contributed by atoms with E-state index in [0.29, 0.717) is 19.8 Å². The normalized spacial score (nSPS) is 10.9. The molecule has 0 saturated carbocycles. The number of ether oxygens (including phenoxy) is 2. The van der Waals surface area contributed by atoms with E-state index in [-0.39, 0.29) is 0 Å². The van der Waals surface area contributed by atoms with Crippen molar-refractivity contribution >= 4 is 10.8 Å². The molecule has 0 unspecified atom stereocenters. The molecule has 0 heterocycles. The fourth-order valence-corrected chi connectivity index (χ4v) is 2.20. The zero-order valence-electron chi connectivity index (χ0n) is 12.1. The molecule has 0 aliphatic carbocycles. The van der Waals surface area contributed by atoms with Crippen LogP contribution in [0.5, 0.6) is 5.75 Å². The highest BCUT2D eigenvalue weighted by Crippen LogP contribution is 2.28. The highest BCUT2D eigenvalue weighted by Gasteiger charge is 2.05. The molecule has 0 saturated heterocycles. The second kappa shape index (κ2) is 7.88. The van der Waals surface area contributed by atoms with E-state index in [1.807, 2.05) is 24.3 Å². The summed E-state index contributed by atoms with van der Waals surface area (Å²) in [5.41, 5.74) is 6.92. The molecule has 2 N–H and O–H groups in total. The molecule has 20 heavy (non-hydrogen) atoms. The lowest BCUT2D eigenvalue weighted by Crippen LogP contribution is -2.08. The Morgan fingerprint density at radius 3 is 2.50 bits per heavy atom. The summed E-state index contributed by atoms with van der Waals surface area (Å²) in [4.78, 5) is 0. The second-order valence-electron chi connectivity index (χ2n) is 4.79. The van der Waals surface area contributed by atoms with Gasteiger partial charge in [0.05, 0.1) is 6.61 Å². The summed E-state index contributed by atoms with van der Waals surface area (Å²) in [6.45, 7) is 4.72. The number of unbranched alkanes of at least 4 members (excludes halogenated alkanes) is 1. The van der Waals surface area contributed by atoms with Gasteiger partial charge in [-0.15, -0.1) is 0 Å². The first-order chi connectivity index (χ1) is 9.86. The number of fused-ring (bicyclic) bond motifs is 1. The average molecular weight is 273 g/mol. The molecule has 108 valence electrons. The Morgan fingerprint density at radius 1 is 0.950 bits per heavy atom. The summed E-state index contributed by atoms with van der Waals surface area (Å²) >= 11 is 0. The van der Waals surface area contributed by atoms with Gasteiger partial charge < -0.3 is 15.2 Å². The maximum absolute atomic E-state index is 5.83. The van der Waals surface area contributed by atoms with E-state index in [0.717, 1.165) is 36.1 Å². The van der Waals surface area contributed by atoms with Gasteiger partial charge in [-0.25, -0.2) is 0 Å². The van der Waals surface area contributed by atoms with Gasteiger partial charge in [0.1, 0.15) is 12.4 Å². The van der Waals surface area contributed by atoms with E-state index < -0.39 is 0 Å².